The first-order chi connectivity index (χ1) is 13.8. The van der Waals surface area contributed by atoms with Gasteiger partial charge in [-0.3, -0.25) is 4.79 Å². The number of aryl methyl sites for hydroxylation is 1. The van der Waals surface area contributed by atoms with Crippen LogP contribution >= 0.6 is 0 Å². The Labute approximate surface area is 177 Å². The molecule has 4 atom stereocenters. The smallest absolute Gasteiger partial charge is 0.230 e. The molecule has 158 valence electrons. The summed E-state index contributed by atoms with van der Waals surface area (Å²) in [5.74, 6) is 2.34. The lowest BCUT2D eigenvalue weighted by molar-refractivity contribution is -0.135. The Morgan fingerprint density at radius 3 is 2.59 bits per heavy atom. The van der Waals surface area contributed by atoms with Crippen LogP contribution < -0.4 is 5.32 Å². The van der Waals surface area contributed by atoms with E-state index in [4.69, 9.17) is 0 Å². The van der Waals surface area contributed by atoms with Crippen LogP contribution in [0.3, 0.4) is 0 Å². The maximum Gasteiger partial charge on any atom is 0.230 e. The second-order valence-electron chi connectivity index (χ2n) is 10.9. The number of hydrogen-bond acceptors (Lipinski definition) is 1. The number of para-hydroxylation sites is 1. The minimum absolute atomic E-state index is 0.214. The fraction of sp³-hybridized carbons (Fsp3) is 0.667. The predicted molar refractivity (Wildman–Crippen MR) is 122 cm³/mol. The van der Waals surface area contributed by atoms with E-state index in [2.05, 4.69) is 46.0 Å². The zero-order chi connectivity index (χ0) is 20.8. The molecule has 0 saturated heterocycles. The Balaban J connectivity index is 1.62. The van der Waals surface area contributed by atoms with Crippen LogP contribution in [0.15, 0.2) is 35.4 Å². The highest BCUT2D eigenvalue weighted by Crippen LogP contribution is 2.62. The van der Waals surface area contributed by atoms with Gasteiger partial charge in [-0.25, -0.2) is 0 Å². The molecule has 0 aliphatic heterocycles. The van der Waals surface area contributed by atoms with Crippen molar-refractivity contribution in [2.24, 2.45) is 28.6 Å². The molecule has 4 rings (SSSR count). The zero-order valence-corrected chi connectivity index (χ0v) is 19.1. The molecule has 0 heterocycles. The van der Waals surface area contributed by atoms with Gasteiger partial charge in [0.05, 0.1) is 5.41 Å². The first kappa shape index (κ1) is 20.7. The number of rotatable bonds is 3. The summed E-state index contributed by atoms with van der Waals surface area (Å²) in [6.07, 6.45) is 9.74. The number of benzene rings is 1. The summed E-state index contributed by atoms with van der Waals surface area (Å²) in [4.78, 5) is 13.6. The molecule has 1 aromatic carbocycles. The van der Waals surface area contributed by atoms with E-state index in [-0.39, 0.29) is 16.7 Å². The van der Waals surface area contributed by atoms with Crippen LogP contribution in [0.2, 0.25) is 0 Å². The molecule has 1 aromatic rings. The molecule has 29 heavy (non-hydrogen) atoms. The predicted octanol–water partition coefficient (Wildman–Crippen LogP) is 7.29. The van der Waals surface area contributed by atoms with Crippen molar-refractivity contribution in [2.75, 3.05) is 5.32 Å². The molecule has 3 aliphatic carbocycles. The van der Waals surface area contributed by atoms with Gasteiger partial charge in [0, 0.05) is 5.69 Å². The van der Waals surface area contributed by atoms with Crippen LogP contribution in [-0.4, -0.2) is 5.91 Å². The number of carbonyl (C=O) groups is 1. The molecule has 0 aromatic heterocycles. The van der Waals surface area contributed by atoms with E-state index < -0.39 is 0 Å². The van der Waals surface area contributed by atoms with Crippen molar-refractivity contribution in [3.63, 3.8) is 0 Å². The van der Waals surface area contributed by atoms with Gasteiger partial charge >= 0.3 is 0 Å². The number of carbonyl (C=O) groups excluding carboxylic acids is 1. The van der Waals surface area contributed by atoms with Gasteiger partial charge in [0.2, 0.25) is 5.91 Å². The largest absolute Gasteiger partial charge is 0.325 e. The maximum absolute atomic E-state index is 13.6. The quantitative estimate of drug-likeness (QED) is 0.537. The molecule has 3 unspecified atom stereocenters. The summed E-state index contributed by atoms with van der Waals surface area (Å²) in [6, 6.07) is 8.16. The van der Waals surface area contributed by atoms with Crippen molar-refractivity contribution in [3.8, 4) is 0 Å². The average molecular weight is 394 g/mol. The monoisotopic (exact) mass is 393 g/mol. The highest BCUT2D eigenvalue weighted by Gasteiger charge is 2.55. The summed E-state index contributed by atoms with van der Waals surface area (Å²) < 4.78 is 0. The summed E-state index contributed by atoms with van der Waals surface area (Å²) in [6.45, 7) is 11.6. The summed E-state index contributed by atoms with van der Waals surface area (Å²) >= 11 is 0. The average Bonchev–Trinajstić information content (AvgIpc) is 2.69. The Bertz CT molecular complexity index is 822. The van der Waals surface area contributed by atoms with Crippen LogP contribution in [0, 0.1) is 35.5 Å². The first-order valence-electron chi connectivity index (χ1n) is 11.8. The fourth-order valence-corrected chi connectivity index (χ4v) is 7.00. The molecular weight excluding hydrogens is 354 g/mol. The topological polar surface area (TPSA) is 29.1 Å². The van der Waals surface area contributed by atoms with Gasteiger partial charge in [0.25, 0.3) is 0 Å². The highest BCUT2D eigenvalue weighted by atomic mass is 16.2. The standard InChI is InChI=1S/C27H39NO/c1-18(2)20-11-13-22-21(17-20)12-14-24-26(22,4)15-8-16-27(24,5)25(29)28-23-10-7-6-9-19(23)3/h6-7,9-10,18,20,24H,8,11-17H2,1-5H3,(H,28,29)/t20?,24?,26?,27-/m1/s1. The minimum Gasteiger partial charge on any atom is -0.325 e. The van der Waals surface area contributed by atoms with Crippen molar-refractivity contribution < 1.29 is 4.79 Å². The van der Waals surface area contributed by atoms with Gasteiger partial charge in [0.15, 0.2) is 0 Å². The third-order valence-corrected chi connectivity index (χ3v) is 8.91. The third kappa shape index (κ3) is 3.47. The van der Waals surface area contributed by atoms with Gasteiger partial charge in [-0.2, -0.15) is 0 Å². The van der Waals surface area contributed by atoms with E-state index >= 15 is 0 Å². The molecule has 0 spiro atoms. The minimum atomic E-state index is -0.275. The molecule has 0 radical (unpaired) electrons. The number of fused-ring (bicyclic) bond motifs is 2. The number of amides is 1. The summed E-state index contributed by atoms with van der Waals surface area (Å²) in [5, 5.41) is 3.31. The second kappa shape index (κ2) is 7.60. The van der Waals surface area contributed by atoms with E-state index in [1.54, 1.807) is 11.1 Å². The van der Waals surface area contributed by atoms with Crippen molar-refractivity contribution in [2.45, 2.75) is 86.0 Å². The lowest BCUT2D eigenvalue weighted by Crippen LogP contribution is -2.52. The van der Waals surface area contributed by atoms with E-state index in [0.29, 0.717) is 5.92 Å². The summed E-state index contributed by atoms with van der Waals surface area (Å²) in [7, 11) is 0. The molecule has 1 fully saturated rings. The van der Waals surface area contributed by atoms with Crippen molar-refractivity contribution >= 4 is 11.6 Å². The van der Waals surface area contributed by atoms with Crippen molar-refractivity contribution in [3.05, 3.63) is 41.0 Å². The molecule has 3 aliphatic rings. The highest BCUT2D eigenvalue weighted by molar-refractivity contribution is 5.96. The van der Waals surface area contributed by atoms with E-state index in [9.17, 15) is 4.79 Å². The van der Waals surface area contributed by atoms with Crippen molar-refractivity contribution in [1.82, 2.24) is 0 Å². The second-order valence-corrected chi connectivity index (χ2v) is 10.9. The van der Waals surface area contributed by atoms with Gasteiger partial charge in [-0.15, -0.1) is 0 Å². The summed E-state index contributed by atoms with van der Waals surface area (Å²) in [5.41, 5.74) is 5.56. The van der Waals surface area contributed by atoms with E-state index in [0.717, 1.165) is 35.9 Å². The normalized spacial score (nSPS) is 34.6. The van der Waals surface area contributed by atoms with Crippen LogP contribution in [-0.2, 0) is 4.79 Å². The Morgan fingerprint density at radius 1 is 1.10 bits per heavy atom. The SMILES string of the molecule is Cc1ccccc1NC(=O)[C@]1(C)CCCC2(C)C3=C(CCC21)CC(C(C)C)CC3. The molecule has 0 bridgehead atoms. The number of nitrogens with one attached hydrogen (secondary N) is 1. The van der Waals surface area contributed by atoms with Crippen LogP contribution in [0.25, 0.3) is 0 Å². The Morgan fingerprint density at radius 2 is 1.86 bits per heavy atom. The Kier molecular flexibility index (Phi) is 5.42. The lowest BCUT2D eigenvalue weighted by atomic mass is 9.48. The molecule has 2 nitrogen and oxygen atoms in total. The number of allylic oxidation sites excluding steroid dienone is 2. The van der Waals surface area contributed by atoms with Gasteiger partial charge < -0.3 is 5.32 Å². The fourth-order valence-electron chi connectivity index (χ4n) is 7.00. The maximum atomic E-state index is 13.6. The number of anilines is 1. The molecule has 2 heteroatoms. The zero-order valence-electron chi connectivity index (χ0n) is 19.1. The van der Waals surface area contributed by atoms with Crippen molar-refractivity contribution in [1.29, 1.82) is 0 Å². The van der Waals surface area contributed by atoms with Crippen LogP contribution in [0.1, 0.15) is 84.6 Å². The number of hydrogen-bond donors (Lipinski definition) is 1. The van der Waals surface area contributed by atoms with Crippen LogP contribution in [0.5, 0.6) is 0 Å². The molecular formula is C27H39NO. The van der Waals surface area contributed by atoms with Gasteiger partial charge in [-0.1, -0.05) is 63.5 Å². The van der Waals surface area contributed by atoms with Gasteiger partial charge in [-0.05, 0) is 86.7 Å². The van der Waals surface area contributed by atoms with E-state index in [1.165, 1.54) is 38.5 Å². The molecule has 1 amide bonds. The lowest BCUT2D eigenvalue weighted by Gasteiger charge is -2.56. The van der Waals surface area contributed by atoms with Crippen LogP contribution in [0.4, 0.5) is 5.69 Å². The molecule has 1 N–H and O–H groups in total. The van der Waals surface area contributed by atoms with Gasteiger partial charge in [0.1, 0.15) is 0 Å². The first-order valence-corrected chi connectivity index (χ1v) is 11.8. The Hall–Kier alpha value is -1.57. The van der Waals surface area contributed by atoms with E-state index in [1.807, 2.05) is 18.2 Å². The molecule has 1 saturated carbocycles. The third-order valence-electron chi connectivity index (χ3n) is 8.91.